The molecule has 4 heterocycles. The van der Waals surface area contributed by atoms with Crippen molar-refractivity contribution >= 4 is 50.2 Å². The van der Waals surface area contributed by atoms with Crippen molar-refractivity contribution in [3.63, 3.8) is 0 Å². The zero-order chi connectivity index (χ0) is 23.3. The minimum Gasteiger partial charge on any atom is -0.465 e. The van der Waals surface area contributed by atoms with Crippen molar-refractivity contribution in [2.24, 2.45) is 0 Å². The zero-order valence-corrected chi connectivity index (χ0v) is 19.8. The SMILES string of the molecule is CCOC(=O)c1sc2nc(C)nc(N3CCc4[nH]c5ccc(C(=O)OC)cc5c4C3)c2c1C. The maximum Gasteiger partial charge on any atom is 0.348 e. The van der Waals surface area contributed by atoms with Crippen molar-refractivity contribution in [2.45, 2.75) is 33.7 Å². The number of nitrogens with zero attached hydrogens (tertiary/aromatic N) is 3. The number of thiophene rings is 1. The van der Waals surface area contributed by atoms with Gasteiger partial charge in [0.1, 0.15) is 21.3 Å². The van der Waals surface area contributed by atoms with Crippen LogP contribution in [0.5, 0.6) is 0 Å². The highest BCUT2D eigenvalue weighted by atomic mass is 32.1. The predicted molar refractivity (Wildman–Crippen MR) is 127 cm³/mol. The minimum absolute atomic E-state index is 0.325. The maximum atomic E-state index is 12.5. The van der Waals surface area contributed by atoms with Gasteiger partial charge in [0, 0.05) is 41.7 Å². The van der Waals surface area contributed by atoms with Crippen LogP contribution in [0.25, 0.3) is 21.1 Å². The molecule has 33 heavy (non-hydrogen) atoms. The molecule has 0 aliphatic carbocycles. The first-order chi connectivity index (χ1) is 15.9. The lowest BCUT2D eigenvalue weighted by Gasteiger charge is -2.29. The van der Waals surface area contributed by atoms with Crippen molar-refractivity contribution < 1.29 is 19.1 Å². The topological polar surface area (TPSA) is 97.4 Å². The van der Waals surface area contributed by atoms with Crippen LogP contribution in [0.1, 0.15) is 49.6 Å². The molecule has 0 saturated heterocycles. The smallest absolute Gasteiger partial charge is 0.348 e. The van der Waals surface area contributed by atoms with Crippen molar-refractivity contribution in [3.8, 4) is 0 Å². The Morgan fingerprint density at radius 2 is 2.03 bits per heavy atom. The average Bonchev–Trinajstić information content (AvgIpc) is 3.34. The summed E-state index contributed by atoms with van der Waals surface area (Å²) < 4.78 is 10.1. The van der Waals surface area contributed by atoms with Gasteiger partial charge in [0.15, 0.2) is 0 Å². The normalized spacial score (nSPS) is 13.4. The third-order valence-electron chi connectivity index (χ3n) is 6.04. The fraction of sp³-hybridized carbons (Fsp3) is 0.333. The fourth-order valence-corrected chi connectivity index (χ4v) is 5.60. The number of hydrogen-bond donors (Lipinski definition) is 1. The number of ether oxygens (including phenoxy) is 2. The van der Waals surface area contributed by atoms with E-state index in [9.17, 15) is 9.59 Å². The Labute approximate surface area is 194 Å². The number of carbonyl (C=O) groups is 2. The molecule has 0 fully saturated rings. The van der Waals surface area contributed by atoms with E-state index in [1.807, 2.05) is 26.0 Å². The first-order valence-electron chi connectivity index (χ1n) is 10.8. The lowest BCUT2D eigenvalue weighted by Crippen LogP contribution is -2.31. The summed E-state index contributed by atoms with van der Waals surface area (Å²) in [4.78, 5) is 41.0. The maximum absolute atomic E-state index is 12.5. The molecule has 0 saturated carbocycles. The first-order valence-corrected chi connectivity index (χ1v) is 11.6. The molecule has 0 bridgehead atoms. The van der Waals surface area contributed by atoms with E-state index >= 15 is 0 Å². The molecule has 1 aliphatic rings. The Morgan fingerprint density at radius 1 is 1.21 bits per heavy atom. The van der Waals surface area contributed by atoms with E-state index in [4.69, 9.17) is 14.5 Å². The molecule has 0 spiro atoms. The van der Waals surface area contributed by atoms with Crippen LogP contribution in [0.2, 0.25) is 0 Å². The van der Waals surface area contributed by atoms with Crippen LogP contribution in [0, 0.1) is 13.8 Å². The molecule has 0 atom stereocenters. The monoisotopic (exact) mass is 464 g/mol. The number of methoxy groups -OCH3 is 1. The van der Waals surface area contributed by atoms with Gasteiger partial charge in [0.05, 0.1) is 24.7 Å². The number of fused-ring (bicyclic) bond motifs is 4. The highest BCUT2D eigenvalue weighted by molar-refractivity contribution is 7.20. The summed E-state index contributed by atoms with van der Waals surface area (Å²) >= 11 is 1.35. The fourth-order valence-electron chi connectivity index (χ4n) is 4.48. The first kappa shape index (κ1) is 21.4. The standard InChI is InChI=1S/C24H24N4O4S/c1-5-32-24(30)20-12(2)19-21(25-13(3)26-22(19)33-20)28-9-8-18-16(11-28)15-10-14(23(29)31-4)6-7-17(15)27-18/h6-7,10,27H,5,8-9,11H2,1-4H3. The lowest BCUT2D eigenvalue weighted by atomic mass is 10.0. The summed E-state index contributed by atoms with van der Waals surface area (Å²) in [5.74, 6) is 0.806. The molecule has 8 nitrogen and oxygen atoms in total. The largest absolute Gasteiger partial charge is 0.465 e. The Kier molecular flexibility index (Phi) is 5.28. The van der Waals surface area contributed by atoms with Crippen LogP contribution in [0.15, 0.2) is 18.2 Å². The summed E-state index contributed by atoms with van der Waals surface area (Å²) in [6.45, 7) is 7.33. The number of nitrogens with one attached hydrogen (secondary N) is 1. The van der Waals surface area contributed by atoms with Crippen LogP contribution in [-0.4, -0.2) is 47.2 Å². The summed E-state index contributed by atoms with van der Waals surface area (Å²) in [5.41, 5.74) is 4.68. The third-order valence-corrected chi connectivity index (χ3v) is 7.21. The average molecular weight is 465 g/mol. The molecule has 1 N–H and O–H groups in total. The highest BCUT2D eigenvalue weighted by Crippen LogP contribution is 2.38. The molecule has 9 heteroatoms. The number of carbonyl (C=O) groups excluding carboxylic acids is 2. The highest BCUT2D eigenvalue weighted by Gasteiger charge is 2.27. The molecule has 0 unspecified atom stereocenters. The van der Waals surface area contributed by atoms with Gasteiger partial charge >= 0.3 is 11.9 Å². The molecular formula is C24H24N4O4S. The van der Waals surface area contributed by atoms with E-state index in [1.165, 1.54) is 24.1 Å². The lowest BCUT2D eigenvalue weighted by molar-refractivity contribution is 0.0530. The molecular weight excluding hydrogens is 440 g/mol. The van der Waals surface area contributed by atoms with E-state index in [1.54, 1.807) is 13.0 Å². The van der Waals surface area contributed by atoms with Crippen molar-refractivity contribution in [1.82, 2.24) is 15.0 Å². The van der Waals surface area contributed by atoms with Crippen molar-refractivity contribution in [3.05, 3.63) is 51.3 Å². The number of aromatic nitrogens is 3. The molecule has 3 aromatic heterocycles. The molecule has 170 valence electrons. The van der Waals surface area contributed by atoms with Crippen LogP contribution >= 0.6 is 11.3 Å². The van der Waals surface area contributed by atoms with Crippen LogP contribution in [0.3, 0.4) is 0 Å². The summed E-state index contributed by atoms with van der Waals surface area (Å²) in [6, 6.07) is 5.58. The van der Waals surface area contributed by atoms with Crippen molar-refractivity contribution in [1.29, 1.82) is 0 Å². The number of hydrogen-bond acceptors (Lipinski definition) is 8. The van der Waals surface area contributed by atoms with Gasteiger partial charge < -0.3 is 19.4 Å². The number of rotatable bonds is 4. The Balaban J connectivity index is 1.60. The van der Waals surface area contributed by atoms with E-state index in [0.717, 1.165) is 51.0 Å². The molecule has 0 radical (unpaired) electrons. The van der Waals surface area contributed by atoms with E-state index in [-0.39, 0.29) is 11.9 Å². The number of H-pyrrole nitrogens is 1. The van der Waals surface area contributed by atoms with Gasteiger partial charge in [0.2, 0.25) is 0 Å². The van der Waals surface area contributed by atoms with Gasteiger partial charge in [-0.2, -0.15) is 0 Å². The van der Waals surface area contributed by atoms with Crippen LogP contribution in [0.4, 0.5) is 5.82 Å². The molecule has 1 aromatic carbocycles. The second-order valence-electron chi connectivity index (χ2n) is 8.06. The number of aromatic amines is 1. The summed E-state index contributed by atoms with van der Waals surface area (Å²) in [6.07, 6.45) is 0.816. The Bertz CT molecular complexity index is 1420. The van der Waals surface area contributed by atoms with Gasteiger partial charge in [-0.1, -0.05) is 0 Å². The van der Waals surface area contributed by atoms with E-state index in [0.29, 0.717) is 29.4 Å². The molecule has 5 rings (SSSR count). The van der Waals surface area contributed by atoms with Crippen molar-refractivity contribution in [2.75, 3.05) is 25.2 Å². The van der Waals surface area contributed by atoms with E-state index in [2.05, 4.69) is 14.9 Å². The number of benzene rings is 1. The van der Waals surface area contributed by atoms with Crippen LogP contribution < -0.4 is 4.90 Å². The Hall–Kier alpha value is -3.46. The predicted octanol–water partition coefficient (Wildman–Crippen LogP) is 4.32. The molecule has 4 aromatic rings. The second kappa shape index (κ2) is 8.15. The van der Waals surface area contributed by atoms with Gasteiger partial charge in [-0.15, -0.1) is 11.3 Å². The molecule has 0 amide bonds. The van der Waals surface area contributed by atoms with E-state index < -0.39 is 0 Å². The van der Waals surface area contributed by atoms with Gasteiger partial charge in [-0.3, -0.25) is 0 Å². The van der Waals surface area contributed by atoms with Gasteiger partial charge in [-0.25, -0.2) is 19.6 Å². The van der Waals surface area contributed by atoms with Crippen LogP contribution in [-0.2, 0) is 22.4 Å². The second-order valence-corrected chi connectivity index (χ2v) is 9.06. The quantitative estimate of drug-likeness (QED) is 0.449. The number of esters is 2. The zero-order valence-electron chi connectivity index (χ0n) is 18.9. The van der Waals surface area contributed by atoms with Gasteiger partial charge in [0.25, 0.3) is 0 Å². The number of aryl methyl sites for hydroxylation is 2. The Morgan fingerprint density at radius 3 is 2.79 bits per heavy atom. The molecule has 1 aliphatic heterocycles. The minimum atomic E-state index is -0.354. The number of anilines is 1. The third kappa shape index (κ3) is 3.52. The van der Waals surface area contributed by atoms with Gasteiger partial charge in [-0.05, 0) is 44.5 Å². The summed E-state index contributed by atoms with van der Waals surface area (Å²) in [5, 5.41) is 1.90. The summed E-state index contributed by atoms with van der Waals surface area (Å²) in [7, 11) is 1.39.